The van der Waals surface area contributed by atoms with Gasteiger partial charge in [0.15, 0.2) is 0 Å². The molecule has 0 bridgehead atoms. The maximum absolute atomic E-state index is 10.6. The molecular weight excluding hydrogens is 132 g/mol. The topological polar surface area (TPSA) is 51.2 Å². The molecule has 0 aromatic rings. The SMILES string of the molecule is CC(=O)C(CC=O)C(C)=O. The van der Waals surface area contributed by atoms with Gasteiger partial charge in [0, 0.05) is 6.42 Å². The molecule has 0 aromatic heterocycles. The third-order valence-corrected chi connectivity index (χ3v) is 1.31. The highest BCUT2D eigenvalue weighted by Gasteiger charge is 2.17. The first-order valence-corrected chi connectivity index (χ1v) is 3.04. The molecule has 0 aromatic carbocycles. The highest BCUT2D eigenvalue weighted by atomic mass is 16.2. The molecule has 0 N–H and O–H groups in total. The molecule has 10 heavy (non-hydrogen) atoms. The molecule has 0 amide bonds. The van der Waals surface area contributed by atoms with Crippen molar-refractivity contribution in [1.82, 2.24) is 0 Å². The Kier molecular flexibility index (Phi) is 3.54. The molecule has 0 unspecified atom stereocenters. The summed E-state index contributed by atoms with van der Waals surface area (Å²) in [6.07, 6.45) is 0.609. The zero-order chi connectivity index (χ0) is 8.15. The molecule has 0 saturated carbocycles. The molecule has 0 radical (unpaired) electrons. The summed E-state index contributed by atoms with van der Waals surface area (Å²) in [4.78, 5) is 31.1. The average Bonchev–Trinajstić information content (AvgIpc) is 1.81. The summed E-state index contributed by atoms with van der Waals surface area (Å²) < 4.78 is 0. The van der Waals surface area contributed by atoms with E-state index < -0.39 is 5.92 Å². The van der Waals surface area contributed by atoms with Crippen molar-refractivity contribution in [3.05, 3.63) is 0 Å². The quantitative estimate of drug-likeness (QED) is 0.421. The molecule has 0 fully saturated rings. The molecule has 56 valence electrons. The molecule has 0 atom stereocenters. The highest BCUT2D eigenvalue weighted by molar-refractivity contribution is 6.01. The van der Waals surface area contributed by atoms with E-state index in [2.05, 4.69) is 0 Å². The van der Waals surface area contributed by atoms with E-state index in [0.717, 1.165) is 0 Å². The number of rotatable bonds is 4. The van der Waals surface area contributed by atoms with Crippen LogP contribution in [0.3, 0.4) is 0 Å². The minimum atomic E-state index is -0.711. The average molecular weight is 142 g/mol. The van der Waals surface area contributed by atoms with Crippen LogP contribution in [0.5, 0.6) is 0 Å². The van der Waals surface area contributed by atoms with E-state index >= 15 is 0 Å². The van der Waals surface area contributed by atoms with Gasteiger partial charge in [0.2, 0.25) is 0 Å². The lowest BCUT2D eigenvalue weighted by molar-refractivity contribution is -0.132. The molecular formula is C7H10O3. The molecule has 0 aliphatic carbocycles. The van der Waals surface area contributed by atoms with Crippen LogP contribution in [0.1, 0.15) is 20.3 Å². The van der Waals surface area contributed by atoms with E-state index in [9.17, 15) is 14.4 Å². The Morgan fingerprint density at radius 3 is 1.80 bits per heavy atom. The second kappa shape index (κ2) is 3.93. The van der Waals surface area contributed by atoms with Crippen LogP contribution in [0.4, 0.5) is 0 Å². The third-order valence-electron chi connectivity index (χ3n) is 1.31. The molecule has 0 saturated heterocycles. The van der Waals surface area contributed by atoms with Gasteiger partial charge in [-0.1, -0.05) is 0 Å². The standard InChI is InChI=1S/C7H10O3/c1-5(9)7(3-4-8)6(2)10/h4,7H,3H2,1-2H3. The summed E-state index contributed by atoms with van der Waals surface area (Å²) in [5.41, 5.74) is 0. The van der Waals surface area contributed by atoms with Crippen molar-refractivity contribution in [2.24, 2.45) is 5.92 Å². The van der Waals surface area contributed by atoms with Crippen LogP contribution in [-0.4, -0.2) is 17.9 Å². The monoisotopic (exact) mass is 142 g/mol. The van der Waals surface area contributed by atoms with E-state index in [0.29, 0.717) is 6.29 Å². The fourth-order valence-corrected chi connectivity index (χ4v) is 0.714. The number of hydrogen-bond acceptors (Lipinski definition) is 3. The first-order valence-electron chi connectivity index (χ1n) is 3.04. The van der Waals surface area contributed by atoms with E-state index in [1.807, 2.05) is 0 Å². The zero-order valence-electron chi connectivity index (χ0n) is 6.09. The van der Waals surface area contributed by atoms with Gasteiger partial charge in [0.1, 0.15) is 17.9 Å². The lowest BCUT2D eigenvalue weighted by Gasteiger charge is -2.03. The minimum absolute atomic E-state index is 0.0185. The molecule has 3 nitrogen and oxygen atoms in total. The lowest BCUT2D eigenvalue weighted by atomic mass is 9.98. The van der Waals surface area contributed by atoms with Crippen LogP contribution in [-0.2, 0) is 14.4 Å². The Morgan fingerprint density at radius 1 is 1.30 bits per heavy atom. The summed E-state index contributed by atoms with van der Waals surface area (Å²) in [5.74, 6) is -1.18. The van der Waals surface area contributed by atoms with Crippen molar-refractivity contribution in [3.8, 4) is 0 Å². The van der Waals surface area contributed by atoms with Crippen LogP contribution in [0.25, 0.3) is 0 Å². The van der Waals surface area contributed by atoms with Gasteiger partial charge in [0.25, 0.3) is 0 Å². The Morgan fingerprint density at radius 2 is 1.70 bits per heavy atom. The number of hydrogen-bond donors (Lipinski definition) is 0. The number of Topliss-reactive ketones (excluding diaryl/α,β-unsaturated/α-hetero) is 2. The van der Waals surface area contributed by atoms with Crippen LogP contribution in [0, 0.1) is 5.92 Å². The number of carbonyl (C=O) groups excluding carboxylic acids is 3. The Hall–Kier alpha value is -0.990. The fourth-order valence-electron chi connectivity index (χ4n) is 0.714. The second-order valence-electron chi connectivity index (χ2n) is 2.18. The minimum Gasteiger partial charge on any atom is -0.303 e. The maximum atomic E-state index is 10.6. The van der Waals surface area contributed by atoms with E-state index in [1.54, 1.807) is 0 Å². The second-order valence-corrected chi connectivity index (χ2v) is 2.18. The van der Waals surface area contributed by atoms with Gasteiger partial charge >= 0.3 is 0 Å². The van der Waals surface area contributed by atoms with Crippen molar-refractivity contribution in [2.75, 3.05) is 0 Å². The molecule has 0 heterocycles. The molecule has 0 rings (SSSR count). The Labute approximate surface area is 59.4 Å². The van der Waals surface area contributed by atoms with Gasteiger partial charge in [-0.25, -0.2) is 0 Å². The fraction of sp³-hybridized carbons (Fsp3) is 0.571. The predicted octanol–water partition coefficient (Wildman–Crippen LogP) is 0.370. The first-order chi connectivity index (χ1) is 4.59. The zero-order valence-corrected chi connectivity index (χ0v) is 6.09. The summed E-state index contributed by atoms with van der Waals surface area (Å²) >= 11 is 0. The Bertz CT molecular complexity index is 146. The van der Waals surface area contributed by atoms with Gasteiger partial charge < -0.3 is 4.79 Å². The van der Waals surface area contributed by atoms with Crippen molar-refractivity contribution in [1.29, 1.82) is 0 Å². The lowest BCUT2D eigenvalue weighted by Crippen LogP contribution is -2.19. The summed E-state index contributed by atoms with van der Waals surface area (Å²) in [7, 11) is 0. The third kappa shape index (κ3) is 2.53. The molecule has 0 aliphatic heterocycles. The molecule has 0 spiro atoms. The molecule has 0 aliphatic rings. The predicted molar refractivity (Wildman–Crippen MR) is 35.5 cm³/mol. The first kappa shape index (κ1) is 9.01. The van der Waals surface area contributed by atoms with Crippen LogP contribution >= 0.6 is 0 Å². The van der Waals surface area contributed by atoms with Crippen LogP contribution in [0.15, 0.2) is 0 Å². The highest BCUT2D eigenvalue weighted by Crippen LogP contribution is 2.02. The smallest absolute Gasteiger partial charge is 0.140 e. The molecule has 3 heteroatoms. The van der Waals surface area contributed by atoms with E-state index in [1.165, 1.54) is 13.8 Å². The van der Waals surface area contributed by atoms with Crippen molar-refractivity contribution in [2.45, 2.75) is 20.3 Å². The van der Waals surface area contributed by atoms with E-state index in [-0.39, 0.29) is 18.0 Å². The maximum Gasteiger partial charge on any atom is 0.140 e. The Balaban J connectivity index is 4.11. The summed E-state index contributed by atoms with van der Waals surface area (Å²) in [6.45, 7) is 2.63. The van der Waals surface area contributed by atoms with Gasteiger partial charge in [-0.15, -0.1) is 0 Å². The van der Waals surface area contributed by atoms with Crippen LogP contribution < -0.4 is 0 Å². The normalized spacial score (nSPS) is 9.50. The summed E-state index contributed by atoms with van der Waals surface area (Å²) in [6, 6.07) is 0. The van der Waals surface area contributed by atoms with Gasteiger partial charge in [0.05, 0.1) is 5.92 Å². The number of aldehydes is 1. The van der Waals surface area contributed by atoms with Gasteiger partial charge in [-0.3, -0.25) is 9.59 Å². The largest absolute Gasteiger partial charge is 0.303 e. The summed E-state index contributed by atoms with van der Waals surface area (Å²) in [5, 5.41) is 0. The van der Waals surface area contributed by atoms with Crippen LogP contribution in [0.2, 0.25) is 0 Å². The van der Waals surface area contributed by atoms with Gasteiger partial charge in [-0.2, -0.15) is 0 Å². The van der Waals surface area contributed by atoms with Crippen molar-refractivity contribution in [3.63, 3.8) is 0 Å². The number of ketones is 2. The van der Waals surface area contributed by atoms with E-state index in [4.69, 9.17) is 0 Å². The van der Waals surface area contributed by atoms with Gasteiger partial charge in [-0.05, 0) is 13.8 Å². The van der Waals surface area contributed by atoms with Crippen molar-refractivity contribution >= 4 is 17.9 Å². The van der Waals surface area contributed by atoms with Crippen molar-refractivity contribution < 1.29 is 14.4 Å². The number of carbonyl (C=O) groups is 3.